The predicted molar refractivity (Wildman–Crippen MR) is 64.9 cm³/mol. The number of carbonyl (C=O) groups is 2. The summed E-state index contributed by atoms with van der Waals surface area (Å²) < 4.78 is 9.82. The van der Waals surface area contributed by atoms with Gasteiger partial charge in [0.15, 0.2) is 11.9 Å². The van der Waals surface area contributed by atoms with Crippen LogP contribution in [0.3, 0.4) is 0 Å². The highest BCUT2D eigenvalue weighted by Gasteiger charge is 2.30. The van der Waals surface area contributed by atoms with Gasteiger partial charge in [0.2, 0.25) is 6.39 Å². The van der Waals surface area contributed by atoms with E-state index in [0.717, 1.165) is 0 Å². The second-order valence-corrected chi connectivity index (χ2v) is 4.40. The number of urea groups is 1. The van der Waals surface area contributed by atoms with E-state index >= 15 is 0 Å². The molecule has 2 atom stereocenters. The van der Waals surface area contributed by atoms with Crippen LogP contribution in [-0.2, 0) is 16.0 Å². The lowest BCUT2D eigenvalue weighted by Gasteiger charge is -2.12. The Bertz CT molecular complexity index is 450. The summed E-state index contributed by atoms with van der Waals surface area (Å²) in [4.78, 5) is 26.0. The van der Waals surface area contributed by atoms with Crippen molar-refractivity contribution in [3.05, 3.63) is 12.2 Å². The van der Waals surface area contributed by atoms with Crippen LogP contribution in [0.5, 0.6) is 0 Å². The topological polar surface area (TPSA) is 127 Å². The quantitative estimate of drug-likeness (QED) is 0.645. The minimum atomic E-state index is -0.961. The van der Waals surface area contributed by atoms with Crippen LogP contribution in [0.25, 0.3) is 0 Å². The number of rotatable bonds is 6. The summed E-state index contributed by atoms with van der Waals surface area (Å²) in [6.07, 6.45) is 1.79. The predicted octanol–water partition coefficient (Wildman–Crippen LogP) is -0.456. The van der Waals surface area contributed by atoms with Gasteiger partial charge >= 0.3 is 12.0 Å². The third-order valence-electron chi connectivity index (χ3n) is 2.91. The molecule has 0 aliphatic carbocycles. The highest BCUT2D eigenvalue weighted by molar-refractivity contribution is 5.74. The fraction of sp³-hybridized carbons (Fsp3) is 0.636. The van der Waals surface area contributed by atoms with Crippen molar-refractivity contribution >= 4 is 12.0 Å². The number of carbonyl (C=O) groups excluding carboxylic acids is 1. The Kier molecular flexibility index (Phi) is 4.88. The second-order valence-electron chi connectivity index (χ2n) is 4.40. The van der Waals surface area contributed by atoms with Crippen LogP contribution in [0.1, 0.15) is 18.7 Å². The molecule has 110 valence electrons. The van der Waals surface area contributed by atoms with E-state index in [1.807, 2.05) is 0 Å². The maximum absolute atomic E-state index is 11.5. The molecule has 2 rings (SSSR count). The van der Waals surface area contributed by atoms with Crippen molar-refractivity contribution < 1.29 is 24.0 Å². The molecule has 9 nitrogen and oxygen atoms in total. The Morgan fingerprint density at radius 3 is 2.90 bits per heavy atom. The van der Waals surface area contributed by atoms with Crippen molar-refractivity contribution in [2.24, 2.45) is 0 Å². The molecule has 2 heterocycles. The number of ether oxygens (including phenoxy) is 1. The molecule has 2 amide bonds. The molecule has 9 heteroatoms. The summed E-state index contributed by atoms with van der Waals surface area (Å²) in [6.45, 7) is 0.673. The highest BCUT2D eigenvalue weighted by Crippen LogP contribution is 2.18. The Labute approximate surface area is 114 Å². The van der Waals surface area contributed by atoms with Crippen molar-refractivity contribution in [1.29, 1.82) is 0 Å². The Hall–Kier alpha value is -2.16. The first-order chi connectivity index (χ1) is 9.65. The van der Waals surface area contributed by atoms with Crippen molar-refractivity contribution in [3.63, 3.8) is 0 Å². The molecule has 2 unspecified atom stereocenters. The van der Waals surface area contributed by atoms with Crippen LogP contribution in [0, 0.1) is 0 Å². The minimum absolute atomic E-state index is 0.251. The molecule has 0 aromatic carbocycles. The summed E-state index contributed by atoms with van der Waals surface area (Å²) in [5.41, 5.74) is 0. The summed E-state index contributed by atoms with van der Waals surface area (Å²) in [5, 5.41) is 17.7. The lowest BCUT2D eigenvalue weighted by Crippen LogP contribution is -2.40. The Balaban J connectivity index is 1.57. The van der Waals surface area contributed by atoms with Gasteiger partial charge in [-0.15, -0.1) is 0 Å². The molecule has 20 heavy (non-hydrogen) atoms. The molecular weight excluding hydrogens is 268 g/mol. The van der Waals surface area contributed by atoms with Gasteiger partial charge in [-0.2, -0.15) is 4.98 Å². The molecule has 1 aromatic heterocycles. The zero-order chi connectivity index (χ0) is 14.4. The molecule has 3 N–H and O–H groups in total. The molecule has 1 aromatic rings. The maximum Gasteiger partial charge on any atom is 0.332 e. The van der Waals surface area contributed by atoms with Gasteiger partial charge < -0.3 is 25.0 Å². The molecule has 1 saturated heterocycles. The SMILES string of the molecule is O=C(NCCc1ncon1)NCC1CCC(C(=O)O)O1. The smallest absolute Gasteiger partial charge is 0.332 e. The molecule has 0 radical (unpaired) electrons. The van der Waals surface area contributed by atoms with Gasteiger partial charge in [0.1, 0.15) is 0 Å². The number of carboxylic acid groups (broad SMARTS) is 1. The van der Waals surface area contributed by atoms with Gasteiger partial charge in [-0.3, -0.25) is 0 Å². The van der Waals surface area contributed by atoms with Crippen molar-refractivity contribution in [1.82, 2.24) is 20.8 Å². The first-order valence-corrected chi connectivity index (χ1v) is 6.30. The number of nitrogens with zero attached hydrogens (tertiary/aromatic N) is 2. The lowest BCUT2D eigenvalue weighted by molar-refractivity contribution is -0.149. The fourth-order valence-corrected chi connectivity index (χ4v) is 1.90. The van der Waals surface area contributed by atoms with Gasteiger partial charge in [-0.25, -0.2) is 9.59 Å². The lowest BCUT2D eigenvalue weighted by atomic mass is 10.2. The Morgan fingerprint density at radius 1 is 1.40 bits per heavy atom. The standard InChI is InChI=1S/C11H16N4O5/c16-10(17)8-2-1-7(20-8)5-13-11(18)12-4-3-9-14-6-19-15-9/h6-8H,1-5H2,(H,16,17)(H2,12,13,18). The monoisotopic (exact) mass is 284 g/mol. The highest BCUT2D eigenvalue weighted by atomic mass is 16.5. The molecule has 1 aliphatic heterocycles. The van der Waals surface area contributed by atoms with Crippen molar-refractivity contribution in [2.45, 2.75) is 31.5 Å². The second kappa shape index (κ2) is 6.85. The van der Waals surface area contributed by atoms with Gasteiger partial charge in [0, 0.05) is 19.5 Å². The van der Waals surface area contributed by atoms with Crippen LogP contribution < -0.4 is 10.6 Å². The number of hydrogen-bond donors (Lipinski definition) is 3. The number of hydrogen-bond acceptors (Lipinski definition) is 6. The van der Waals surface area contributed by atoms with Crippen LogP contribution in [0.15, 0.2) is 10.9 Å². The first kappa shape index (κ1) is 14.3. The summed E-state index contributed by atoms with van der Waals surface area (Å²) >= 11 is 0. The molecule has 1 fully saturated rings. The number of aliphatic carboxylic acids is 1. The summed E-state index contributed by atoms with van der Waals surface area (Å²) in [5.74, 6) is -0.439. The zero-order valence-corrected chi connectivity index (χ0v) is 10.7. The van der Waals surface area contributed by atoms with Crippen LogP contribution in [0.2, 0.25) is 0 Å². The van der Waals surface area contributed by atoms with Crippen LogP contribution in [0.4, 0.5) is 4.79 Å². The van der Waals surface area contributed by atoms with Crippen LogP contribution >= 0.6 is 0 Å². The van der Waals surface area contributed by atoms with Gasteiger partial charge in [0.05, 0.1) is 6.10 Å². The molecule has 0 spiro atoms. The van der Waals surface area contributed by atoms with E-state index in [9.17, 15) is 9.59 Å². The normalized spacial score (nSPS) is 21.6. The first-order valence-electron chi connectivity index (χ1n) is 6.30. The number of aromatic nitrogens is 2. The molecule has 0 saturated carbocycles. The molecular formula is C11H16N4O5. The number of carboxylic acids is 1. The number of amides is 2. The minimum Gasteiger partial charge on any atom is -0.479 e. The van der Waals surface area contributed by atoms with Crippen molar-refractivity contribution in [2.75, 3.05) is 13.1 Å². The van der Waals surface area contributed by atoms with E-state index in [-0.39, 0.29) is 18.7 Å². The van der Waals surface area contributed by atoms with E-state index in [2.05, 4.69) is 25.3 Å². The van der Waals surface area contributed by atoms with E-state index < -0.39 is 12.1 Å². The Morgan fingerprint density at radius 2 is 2.25 bits per heavy atom. The van der Waals surface area contributed by atoms with E-state index in [1.54, 1.807) is 0 Å². The third-order valence-corrected chi connectivity index (χ3v) is 2.91. The molecule has 1 aliphatic rings. The van der Waals surface area contributed by atoms with Crippen LogP contribution in [-0.4, -0.2) is 52.5 Å². The van der Waals surface area contributed by atoms with E-state index in [4.69, 9.17) is 9.84 Å². The van der Waals surface area contributed by atoms with E-state index in [0.29, 0.717) is 31.6 Å². The summed E-state index contributed by atoms with van der Waals surface area (Å²) in [6, 6.07) is -0.337. The van der Waals surface area contributed by atoms with Gasteiger partial charge in [-0.1, -0.05) is 5.16 Å². The zero-order valence-electron chi connectivity index (χ0n) is 10.7. The van der Waals surface area contributed by atoms with Gasteiger partial charge in [-0.05, 0) is 12.8 Å². The largest absolute Gasteiger partial charge is 0.479 e. The van der Waals surface area contributed by atoms with Gasteiger partial charge in [0.25, 0.3) is 0 Å². The van der Waals surface area contributed by atoms with Crippen molar-refractivity contribution in [3.8, 4) is 0 Å². The summed E-state index contributed by atoms with van der Waals surface area (Å²) in [7, 11) is 0. The molecule has 0 bridgehead atoms. The third kappa shape index (κ3) is 4.19. The average molecular weight is 284 g/mol. The van der Waals surface area contributed by atoms with E-state index in [1.165, 1.54) is 6.39 Å². The average Bonchev–Trinajstić information content (AvgIpc) is 3.07. The maximum atomic E-state index is 11.5. The number of nitrogens with one attached hydrogen (secondary N) is 2. The fourth-order valence-electron chi connectivity index (χ4n) is 1.90.